The topological polar surface area (TPSA) is 69.7 Å². The predicted molar refractivity (Wildman–Crippen MR) is 113 cm³/mol. The third-order valence-corrected chi connectivity index (χ3v) is 10.3. The lowest BCUT2D eigenvalue weighted by Crippen LogP contribution is -2.59. The van der Waals surface area contributed by atoms with Gasteiger partial charge in [0.15, 0.2) is 5.78 Å². The summed E-state index contributed by atoms with van der Waals surface area (Å²) in [5, 5.41) is 0. The average molecular weight is 425 g/mol. The lowest BCUT2D eigenvalue weighted by atomic mass is 9.44. The molecule has 0 unspecified atom stereocenters. The van der Waals surface area contributed by atoms with Gasteiger partial charge in [-0.3, -0.25) is 14.4 Å². The zero-order valence-corrected chi connectivity index (χ0v) is 18.7. The third kappa shape index (κ3) is 2.30. The number of hydrogen-bond donors (Lipinski definition) is 0. The van der Waals surface area contributed by atoms with Gasteiger partial charge < -0.3 is 9.47 Å². The molecule has 4 saturated carbocycles. The van der Waals surface area contributed by atoms with E-state index in [1.165, 1.54) is 0 Å². The maximum atomic E-state index is 13.3. The Balaban J connectivity index is 1.46. The summed E-state index contributed by atoms with van der Waals surface area (Å²) >= 11 is 0. The Kier molecular flexibility index (Phi) is 3.89. The van der Waals surface area contributed by atoms with E-state index in [4.69, 9.17) is 9.47 Å². The fraction of sp³-hybridized carbons (Fsp3) is 0.731. The highest BCUT2D eigenvalue weighted by Crippen LogP contribution is 2.79. The van der Waals surface area contributed by atoms with Crippen LogP contribution < -0.4 is 0 Å². The molecule has 0 aromatic rings. The lowest BCUT2D eigenvalue weighted by molar-refractivity contribution is -0.184. The monoisotopic (exact) mass is 424 g/mol. The summed E-state index contributed by atoms with van der Waals surface area (Å²) in [5.41, 5.74) is 0.494. The molecule has 0 aromatic carbocycles. The van der Waals surface area contributed by atoms with Gasteiger partial charge in [-0.25, -0.2) is 0 Å². The Morgan fingerprint density at radius 1 is 1.23 bits per heavy atom. The molecule has 5 fully saturated rings. The van der Waals surface area contributed by atoms with Crippen LogP contribution >= 0.6 is 0 Å². The predicted octanol–water partition coefficient (Wildman–Crippen LogP) is 4.02. The Bertz CT molecular complexity index is 947. The lowest BCUT2D eigenvalue weighted by Gasteiger charge is -2.60. The highest BCUT2D eigenvalue weighted by molar-refractivity contribution is 6.01. The highest BCUT2D eigenvalue weighted by atomic mass is 16.6. The second-order valence-electron chi connectivity index (χ2n) is 11.3. The second-order valence-corrected chi connectivity index (χ2v) is 11.3. The molecule has 1 saturated heterocycles. The van der Waals surface area contributed by atoms with E-state index in [1.54, 1.807) is 12.2 Å². The minimum atomic E-state index is -0.334. The number of rotatable bonds is 2. The van der Waals surface area contributed by atoms with Crippen molar-refractivity contribution >= 4 is 17.7 Å². The van der Waals surface area contributed by atoms with Crippen molar-refractivity contribution in [3.63, 3.8) is 0 Å². The first-order valence-corrected chi connectivity index (χ1v) is 12.1. The van der Waals surface area contributed by atoms with Crippen LogP contribution in [-0.2, 0) is 23.9 Å². The van der Waals surface area contributed by atoms with Gasteiger partial charge in [0.25, 0.3) is 0 Å². The molecule has 31 heavy (non-hydrogen) atoms. The second kappa shape index (κ2) is 6.11. The number of hydrogen-bond acceptors (Lipinski definition) is 5. The van der Waals surface area contributed by atoms with E-state index in [2.05, 4.69) is 19.9 Å². The van der Waals surface area contributed by atoms with Crippen molar-refractivity contribution < 1.29 is 23.9 Å². The maximum Gasteiger partial charge on any atom is 0.309 e. The molecule has 0 amide bonds. The Hall–Kier alpha value is -1.91. The van der Waals surface area contributed by atoms with Crippen LogP contribution in [0.15, 0.2) is 23.8 Å². The first-order valence-electron chi connectivity index (χ1n) is 12.1. The van der Waals surface area contributed by atoms with Crippen LogP contribution in [0.5, 0.6) is 0 Å². The number of ketones is 1. The molecule has 1 spiro atoms. The van der Waals surface area contributed by atoms with E-state index in [9.17, 15) is 14.4 Å². The summed E-state index contributed by atoms with van der Waals surface area (Å²) in [4.78, 5) is 37.7. The van der Waals surface area contributed by atoms with Gasteiger partial charge in [-0.2, -0.15) is 0 Å². The van der Waals surface area contributed by atoms with Crippen LogP contribution in [0.1, 0.15) is 59.3 Å². The standard InChI is InChI=1S/C26H32O5/c1-4-30-23(29)17-12-14-11-15(27)5-8-24(14,2)18-6-9-25(3)22(21(17)18)16-13-19(16)26(25)10-7-20(28)31-26/h5,8,11,16-19,21-22H,4,6-7,9-10,12-13H2,1-3H3/t16-,17-,18+,19+,21-,22+,24+,25+,26-/m1/s1. The van der Waals surface area contributed by atoms with Crippen molar-refractivity contribution in [1.82, 2.24) is 0 Å². The fourth-order valence-electron chi connectivity index (χ4n) is 9.04. The fourth-order valence-corrected chi connectivity index (χ4v) is 9.04. The van der Waals surface area contributed by atoms with Crippen molar-refractivity contribution in [3.05, 3.63) is 23.8 Å². The quantitative estimate of drug-likeness (QED) is 0.627. The van der Waals surface area contributed by atoms with E-state index in [-0.39, 0.29) is 46.0 Å². The molecule has 5 nitrogen and oxygen atoms in total. The van der Waals surface area contributed by atoms with Gasteiger partial charge in [0, 0.05) is 23.2 Å². The summed E-state index contributed by atoms with van der Waals surface area (Å²) in [5.74, 6) is 1.48. The Labute approximate surface area is 183 Å². The van der Waals surface area contributed by atoms with Crippen LogP contribution in [0.3, 0.4) is 0 Å². The van der Waals surface area contributed by atoms with Crippen molar-refractivity contribution in [2.75, 3.05) is 6.61 Å². The van der Waals surface area contributed by atoms with Crippen LogP contribution in [-0.4, -0.2) is 29.9 Å². The number of esters is 2. The molecular formula is C26H32O5. The molecule has 1 aliphatic heterocycles. The van der Waals surface area contributed by atoms with E-state index in [0.717, 1.165) is 31.3 Å². The Morgan fingerprint density at radius 3 is 2.74 bits per heavy atom. The molecular weight excluding hydrogens is 392 g/mol. The molecule has 6 rings (SSSR count). The van der Waals surface area contributed by atoms with Crippen molar-refractivity contribution in [1.29, 1.82) is 0 Å². The van der Waals surface area contributed by atoms with Gasteiger partial charge in [0.1, 0.15) is 5.60 Å². The van der Waals surface area contributed by atoms with Gasteiger partial charge in [-0.15, -0.1) is 0 Å². The van der Waals surface area contributed by atoms with Crippen molar-refractivity contribution in [2.45, 2.75) is 64.9 Å². The molecule has 9 atom stereocenters. The van der Waals surface area contributed by atoms with Gasteiger partial charge in [0.05, 0.1) is 12.5 Å². The number of fused-ring (bicyclic) bond motifs is 9. The van der Waals surface area contributed by atoms with E-state index in [1.807, 2.05) is 6.92 Å². The smallest absolute Gasteiger partial charge is 0.309 e. The number of allylic oxidation sites excluding steroid dienone is 4. The molecule has 0 bridgehead atoms. The first kappa shape index (κ1) is 19.8. The normalized spacial score (nSPS) is 51.4. The van der Waals surface area contributed by atoms with Crippen molar-refractivity contribution in [3.8, 4) is 0 Å². The summed E-state index contributed by atoms with van der Waals surface area (Å²) in [7, 11) is 0. The number of carbonyl (C=O) groups excluding carboxylic acids is 3. The van der Waals surface area contributed by atoms with Crippen LogP contribution in [0.25, 0.3) is 0 Å². The molecule has 1 heterocycles. The molecule has 166 valence electrons. The molecule has 5 aliphatic carbocycles. The summed E-state index contributed by atoms with van der Waals surface area (Å²) < 4.78 is 11.8. The van der Waals surface area contributed by atoms with Crippen LogP contribution in [0.4, 0.5) is 0 Å². The summed E-state index contributed by atoms with van der Waals surface area (Å²) in [6, 6.07) is 0. The van der Waals surface area contributed by atoms with Gasteiger partial charge in [-0.05, 0) is 74.9 Å². The first-order chi connectivity index (χ1) is 14.7. The highest BCUT2D eigenvalue weighted by Gasteiger charge is 2.79. The number of ether oxygens (including phenoxy) is 2. The average Bonchev–Trinajstić information content (AvgIpc) is 3.36. The number of carbonyl (C=O) groups is 3. The zero-order valence-electron chi connectivity index (χ0n) is 18.7. The van der Waals surface area contributed by atoms with E-state index >= 15 is 0 Å². The van der Waals surface area contributed by atoms with E-state index < -0.39 is 0 Å². The zero-order chi connectivity index (χ0) is 21.8. The largest absolute Gasteiger partial charge is 0.466 e. The third-order valence-electron chi connectivity index (χ3n) is 10.3. The van der Waals surface area contributed by atoms with E-state index in [0.29, 0.717) is 43.1 Å². The Morgan fingerprint density at radius 2 is 2.03 bits per heavy atom. The SMILES string of the molecule is CCOC(=O)[C@@H]1CC2=CC(=O)C=C[C@]2(C)[C@H]2CC[C@@]3(C)[C@@H]([C@@H]4C[C@@H]4[C@]34CCC(=O)O4)[C@H]12. The van der Waals surface area contributed by atoms with Crippen molar-refractivity contribution in [2.24, 2.45) is 46.3 Å². The maximum absolute atomic E-state index is 13.3. The molecule has 0 N–H and O–H groups in total. The van der Waals surface area contributed by atoms with Gasteiger partial charge in [-0.1, -0.05) is 25.5 Å². The van der Waals surface area contributed by atoms with Crippen LogP contribution in [0.2, 0.25) is 0 Å². The molecule has 0 aromatic heterocycles. The van der Waals surface area contributed by atoms with Gasteiger partial charge in [0.2, 0.25) is 0 Å². The van der Waals surface area contributed by atoms with Crippen LogP contribution in [0, 0.1) is 46.3 Å². The minimum Gasteiger partial charge on any atom is -0.466 e. The van der Waals surface area contributed by atoms with Gasteiger partial charge >= 0.3 is 11.9 Å². The summed E-state index contributed by atoms with van der Waals surface area (Å²) in [6.07, 6.45) is 10.7. The molecule has 0 radical (unpaired) electrons. The molecule has 5 heteroatoms. The minimum absolute atomic E-state index is 0.0223. The summed E-state index contributed by atoms with van der Waals surface area (Å²) in [6.45, 7) is 6.83. The molecule has 6 aliphatic rings.